The van der Waals surface area contributed by atoms with Crippen molar-refractivity contribution in [2.45, 2.75) is 64.6 Å². The lowest BCUT2D eigenvalue weighted by Crippen LogP contribution is -2.54. The fourth-order valence-corrected chi connectivity index (χ4v) is 6.47. The van der Waals surface area contributed by atoms with Crippen molar-refractivity contribution in [3.05, 3.63) is 100 Å². The Bertz CT molecular complexity index is 1470. The van der Waals surface area contributed by atoms with Gasteiger partial charge in [-0.3, -0.25) is 13.9 Å². The van der Waals surface area contributed by atoms with Gasteiger partial charge in [0.1, 0.15) is 12.6 Å². The molecule has 0 radical (unpaired) electrons. The Kier molecular flexibility index (Phi) is 10.1. The van der Waals surface area contributed by atoms with Crippen molar-refractivity contribution in [2.24, 2.45) is 0 Å². The van der Waals surface area contributed by atoms with Gasteiger partial charge in [0.05, 0.1) is 11.9 Å². The van der Waals surface area contributed by atoms with E-state index in [2.05, 4.69) is 5.32 Å². The second kappa shape index (κ2) is 13.5. The van der Waals surface area contributed by atoms with Crippen LogP contribution in [0, 0.1) is 13.8 Å². The minimum Gasteiger partial charge on any atom is -0.352 e. The van der Waals surface area contributed by atoms with E-state index in [4.69, 9.17) is 11.6 Å². The predicted octanol–water partition coefficient (Wildman–Crippen LogP) is 5.42. The molecule has 2 amide bonds. The lowest BCUT2D eigenvalue weighted by Gasteiger charge is -2.34. The topological polar surface area (TPSA) is 86.8 Å². The molecule has 0 spiro atoms. The van der Waals surface area contributed by atoms with E-state index in [0.717, 1.165) is 58.5 Å². The van der Waals surface area contributed by atoms with E-state index in [1.807, 2.05) is 56.3 Å². The van der Waals surface area contributed by atoms with Gasteiger partial charge in [-0.1, -0.05) is 79.0 Å². The summed E-state index contributed by atoms with van der Waals surface area (Å²) in [5.74, 6) is -0.715. The van der Waals surface area contributed by atoms with Crippen molar-refractivity contribution in [1.29, 1.82) is 0 Å². The molecule has 0 aromatic heterocycles. The van der Waals surface area contributed by atoms with Gasteiger partial charge in [-0.25, -0.2) is 8.42 Å². The zero-order valence-corrected chi connectivity index (χ0v) is 25.4. The van der Waals surface area contributed by atoms with Gasteiger partial charge in [-0.05, 0) is 67.1 Å². The lowest BCUT2D eigenvalue weighted by atomic mass is 10.0. The molecule has 41 heavy (non-hydrogen) atoms. The number of anilines is 1. The molecule has 3 aromatic carbocycles. The van der Waals surface area contributed by atoms with Crippen LogP contribution in [0.4, 0.5) is 5.69 Å². The summed E-state index contributed by atoms with van der Waals surface area (Å²) in [5, 5.41) is 3.68. The normalized spacial score (nSPS) is 14.4. The van der Waals surface area contributed by atoms with Crippen LogP contribution in [0.1, 0.15) is 47.9 Å². The summed E-state index contributed by atoms with van der Waals surface area (Å²) >= 11 is 6.28. The molecule has 4 rings (SSSR count). The number of aryl methyl sites for hydroxylation is 1. The Balaban J connectivity index is 1.74. The van der Waals surface area contributed by atoms with Gasteiger partial charge in [-0.2, -0.15) is 0 Å². The van der Waals surface area contributed by atoms with E-state index in [9.17, 15) is 18.0 Å². The Hall–Kier alpha value is -3.36. The van der Waals surface area contributed by atoms with Gasteiger partial charge >= 0.3 is 0 Å². The Morgan fingerprint density at radius 3 is 2.27 bits per heavy atom. The molecule has 218 valence electrons. The van der Waals surface area contributed by atoms with Crippen LogP contribution in [0.5, 0.6) is 0 Å². The summed E-state index contributed by atoms with van der Waals surface area (Å²) in [4.78, 5) is 29.6. The third kappa shape index (κ3) is 8.11. The zero-order valence-electron chi connectivity index (χ0n) is 23.8. The molecule has 7 nitrogen and oxygen atoms in total. The molecule has 1 aliphatic carbocycles. The van der Waals surface area contributed by atoms with Crippen LogP contribution >= 0.6 is 11.6 Å². The van der Waals surface area contributed by atoms with E-state index in [1.165, 1.54) is 4.90 Å². The number of amides is 2. The zero-order chi connectivity index (χ0) is 29.6. The molecule has 9 heteroatoms. The average Bonchev–Trinajstić information content (AvgIpc) is 3.44. The quantitative estimate of drug-likeness (QED) is 0.321. The maximum Gasteiger partial charge on any atom is 0.244 e. The van der Waals surface area contributed by atoms with Crippen LogP contribution in [-0.2, 0) is 32.6 Å². The number of halogens is 1. The van der Waals surface area contributed by atoms with Gasteiger partial charge in [0.25, 0.3) is 0 Å². The molecule has 0 saturated heterocycles. The summed E-state index contributed by atoms with van der Waals surface area (Å²) in [6.45, 7) is 3.39. The van der Waals surface area contributed by atoms with E-state index < -0.39 is 28.5 Å². The third-order valence-electron chi connectivity index (χ3n) is 7.74. The second-order valence-electron chi connectivity index (χ2n) is 10.8. The number of carbonyl (C=O) groups is 2. The highest BCUT2D eigenvalue weighted by Gasteiger charge is 2.34. The smallest absolute Gasteiger partial charge is 0.244 e. The highest BCUT2D eigenvalue weighted by molar-refractivity contribution is 7.92. The molecule has 0 unspecified atom stereocenters. The number of carbonyl (C=O) groups excluding carboxylic acids is 2. The molecule has 1 atom stereocenters. The van der Waals surface area contributed by atoms with Gasteiger partial charge in [-0.15, -0.1) is 0 Å². The number of hydrogen-bond donors (Lipinski definition) is 1. The van der Waals surface area contributed by atoms with Gasteiger partial charge < -0.3 is 10.2 Å². The minimum absolute atomic E-state index is 0.0614. The molecule has 0 aliphatic heterocycles. The lowest BCUT2D eigenvalue weighted by molar-refractivity contribution is -0.140. The molecular weight excluding hydrogens is 558 g/mol. The van der Waals surface area contributed by atoms with E-state index in [0.29, 0.717) is 10.7 Å². The van der Waals surface area contributed by atoms with E-state index >= 15 is 0 Å². The van der Waals surface area contributed by atoms with E-state index in [1.54, 1.807) is 30.3 Å². The van der Waals surface area contributed by atoms with Crippen molar-refractivity contribution in [3.8, 4) is 0 Å². The number of nitrogens with one attached hydrogen (secondary N) is 1. The molecule has 3 aromatic rings. The first-order chi connectivity index (χ1) is 19.5. The standard InChI is InChI=1S/C32H38ClN3O4S/c1-23-11-9-18-29(24(23)2)36(41(3,39)40)22-31(37)35(21-26-14-10-15-27(33)19-26)30(20-25-12-5-4-6-13-25)32(38)34-28-16-7-8-17-28/h4-6,9-15,18-19,28,30H,7-8,16-17,20-22H2,1-3H3,(H,34,38)/t30-/m1/s1. The molecule has 0 bridgehead atoms. The molecule has 0 heterocycles. The van der Waals surface area contributed by atoms with Crippen LogP contribution in [-0.4, -0.2) is 50.0 Å². The second-order valence-corrected chi connectivity index (χ2v) is 13.2. The van der Waals surface area contributed by atoms with Gasteiger partial charge in [0, 0.05) is 24.0 Å². The maximum atomic E-state index is 14.2. The van der Waals surface area contributed by atoms with Crippen molar-refractivity contribution >= 4 is 39.1 Å². The van der Waals surface area contributed by atoms with E-state index in [-0.39, 0.29) is 24.9 Å². The highest BCUT2D eigenvalue weighted by atomic mass is 35.5. The fourth-order valence-electron chi connectivity index (χ4n) is 5.35. The molecule has 1 saturated carbocycles. The van der Waals surface area contributed by atoms with Crippen molar-refractivity contribution in [2.75, 3.05) is 17.1 Å². The predicted molar refractivity (Wildman–Crippen MR) is 164 cm³/mol. The summed E-state index contributed by atoms with van der Waals surface area (Å²) in [6.07, 6.45) is 5.30. The molecule has 1 fully saturated rings. The Morgan fingerprint density at radius 2 is 1.61 bits per heavy atom. The van der Waals surface area contributed by atoms with Crippen molar-refractivity contribution < 1.29 is 18.0 Å². The molecule has 1 aliphatic rings. The van der Waals surface area contributed by atoms with Crippen LogP contribution in [0.2, 0.25) is 5.02 Å². The number of sulfonamides is 1. The van der Waals surface area contributed by atoms with Crippen LogP contribution in [0.25, 0.3) is 0 Å². The number of hydrogen-bond acceptors (Lipinski definition) is 4. The van der Waals surface area contributed by atoms with Crippen LogP contribution in [0.15, 0.2) is 72.8 Å². The first-order valence-electron chi connectivity index (χ1n) is 13.9. The number of rotatable bonds is 11. The Morgan fingerprint density at radius 1 is 0.951 bits per heavy atom. The molecule has 1 N–H and O–H groups in total. The minimum atomic E-state index is -3.82. The largest absolute Gasteiger partial charge is 0.352 e. The summed E-state index contributed by atoms with van der Waals surface area (Å²) < 4.78 is 27.2. The summed E-state index contributed by atoms with van der Waals surface area (Å²) in [7, 11) is -3.82. The summed E-state index contributed by atoms with van der Waals surface area (Å²) in [6, 6.07) is 21.3. The van der Waals surface area contributed by atoms with Crippen LogP contribution in [0.3, 0.4) is 0 Å². The van der Waals surface area contributed by atoms with Gasteiger partial charge in [0.15, 0.2) is 0 Å². The maximum absolute atomic E-state index is 14.2. The fraction of sp³-hybridized carbons (Fsp3) is 0.375. The Labute approximate surface area is 248 Å². The number of benzene rings is 3. The van der Waals surface area contributed by atoms with Crippen molar-refractivity contribution in [1.82, 2.24) is 10.2 Å². The first-order valence-corrected chi connectivity index (χ1v) is 16.2. The summed E-state index contributed by atoms with van der Waals surface area (Å²) in [5.41, 5.74) is 3.77. The SMILES string of the molecule is Cc1cccc(N(CC(=O)N(Cc2cccc(Cl)c2)[C@H](Cc2ccccc2)C(=O)NC2CCCC2)S(C)(=O)=O)c1C. The van der Waals surface area contributed by atoms with Crippen molar-refractivity contribution in [3.63, 3.8) is 0 Å². The van der Waals surface area contributed by atoms with Crippen LogP contribution < -0.4 is 9.62 Å². The first kappa shape index (κ1) is 30.6. The highest BCUT2D eigenvalue weighted by Crippen LogP contribution is 2.26. The monoisotopic (exact) mass is 595 g/mol. The third-order valence-corrected chi connectivity index (χ3v) is 9.10. The van der Waals surface area contributed by atoms with Gasteiger partial charge in [0.2, 0.25) is 21.8 Å². The average molecular weight is 596 g/mol. The molecular formula is C32H38ClN3O4S. The number of nitrogens with zero attached hydrogens (tertiary/aromatic N) is 2.